The number of carbonyl (C=O) groups is 1. The molecule has 2 N–H and O–H groups in total. The minimum atomic E-state index is -4.15. The van der Waals surface area contributed by atoms with Crippen molar-refractivity contribution in [2.45, 2.75) is 24.3 Å². The number of sulfonamides is 1. The molecule has 1 amide bonds. The number of hydrogen-bond acceptors (Lipinski definition) is 5. The van der Waals surface area contributed by atoms with Crippen LogP contribution in [0, 0.1) is 22.9 Å². The molecule has 3 aromatic rings. The Kier molecular flexibility index (Phi) is 6.96. The third-order valence-electron chi connectivity index (χ3n) is 4.71. The van der Waals surface area contributed by atoms with Crippen LogP contribution in [-0.4, -0.2) is 25.3 Å². The van der Waals surface area contributed by atoms with Crippen molar-refractivity contribution in [3.63, 3.8) is 0 Å². The molecule has 3 rings (SSSR count). The van der Waals surface area contributed by atoms with Gasteiger partial charge in [-0.05, 0) is 48.7 Å². The monoisotopic (exact) mass is 457 g/mol. The van der Waals surface area contributed by atoms with Gasteiger partial charge in [0.2, 0.25) is 15.9 Å². The number of nitrogens with zero attached hydrogens (tertiary/aromatic N) is 1. The average Bonchev–Trinajstić information content (AvgIpc) is 2.75. The van der Waals surface area contributed by atoms with Gasteiger partial charge in [-0.25, -0.2) is 12.8 Å². The molecule has 0 aliphatic carbocycles. The van der Waals surface area contributed by atoms with E-state index in [2.05, 4.69) is 10.0 Å². The number of rotatable bonds is 8. The van der Waals surface area contributed by atoms with Crippen LogP contribution >= 0.6 is 0 Å². The van der Waals surface area contributed by atoms with E-state index in [0.29, 0.717) is 11.1 Å². The highest BCUT2D eigenvalue weighted by Gasteiger charge is 2.27. The van der Waals surface area contributed by atoms with Crippen molar-refractivity contribution < 1.29 is 22.5 Å². The van der Waals surface area contributed by atoms with E-state index >= 15 is 0 Å². The number of non-ortho nitro benzene ring substituents is 1. The maximum Gasteiger partial charge on any atom is 0.271 e. The lowest BCUT2D eigenvalue weighted by Gasteiger charge is -2.19. The smallest absolute Gasteiger partial charge is 0.271 e. The van der Waals surface area contributed by atoms with Crippen LogP contribution in [0.3, 0.4) is 0 Å². The van der Waals surface area contributed by atoms with Crippen molar-refractivity contribution >= 4 is 27.3 Å². The second-order valence-electron chi connectivity index (χ2n) is 7.06. The van der Waals surface area contributed by atoms with Gasteiger partial charge in [0.05, 0.1) is 15.5 Å². The number of benzene rings is 3. The number of nitro groups is 1. The Hall–Kier alpha value is -3.63. The molecule has 0 radical (unpaired) electrons. The van der Waals surface area contributed by atoms with E-state index in [4.69, 9.17) is 0 Å². The van der Waals surface area contributed by atoms with Crippen molar-refractivity contribution in [1.29, 1.82) is 0 Å². The second kappa shape index (κ2) is 9.67. The molecule has 0 aromatic heterocycles. The van der Waals surface area contributed by atoms with Gasteiger partial charge in [0, 0.05) is 12.1 Å². The van der Waals surface area contributed by atoms with Gasteiger partial charge in [0.25, 0.3) is 5.69 Å². The number of carbonyl (C=O) groups excluding carboxylic acids is 1. The standard InChI is InChI=1S/C22H20FN3O5S/c1-15-7-10-18(26(28)29)14-20(15)24-22(27)21(13-16-5-3-2-4-6-16)25-32(30,31)19-11-8-17(23)9-12-19/h2-12,14,21,25H,13H2,1H3,(H,24,27). The van der Waals surface area contributed by atoms with Gasteiger partial charge in [-0.15, -0.1) is 0 Å². The molecular weight excluding hydrogens is 437 g/mol. The first kappa shape index (κ1) is 23.0. The molecule has 1 unspecified atom stereocenters. The summed E-state index contributed by atoms with van der Waals surface area (Å²) in [6.07, 6.45) is 0.0288. The quantitative estimate of drug-likeness (QED) is 0.396. The summed E-state index contributed by atoms with van der Waals surface area (Å²) < 4.78 is 41.2. The first-order chi connectivity index (χ1) is 15.2. The highest BCUT2D eigenvalue weighted by Crippen LogP contribution is 2.22. The molecule has 0 bridgehead atoms. The van der Waals surface area contributed by atoms with Crippen molar-refractivity contribution in [1.82, 2.24) is 4.72 Å². The van der Waals surface area contributed by atoms with Gasteiger partial charge in [-0.2, -0.15) is 4.72 Å². The molecular formula is C22H20FN3O5S. The molecule has 0 saturated heterocycles. The topological polar surface area (TPSA) is 118 Å². The Morgan fingerprint density at radius 2 is 1.72 bits per heavy atom. The third-order valence-corrected chi connectivity index (χ3v) is 6.20. The Labute approximate surface area is 184 Å². The van der Waals surface area contributed by atoms with Crippen LogP contribution in [0.25, 0.3) is 0 Å². The minimum Gasteiger partial charge on any atom is -0.324 e. The normalized spacial score (nSPS) is 12.2. The molecule has 0 heterocycles. The van der Waals surface area contributed by atoms with Gasteiger partial charge in [0.1, 0.15) is 11.9 Å². The Bertz CT molecular complexity index is 1230. The van der Waals surface area contributed by atoms with Gasteiger partial charge in [-0.3, -0.25) is 14.9 Å². The van der Waals surface area contributed by atoms with Crippen LogP contribution in [0.2, 0.25) is 0 Å². The summed E-state index contributed by atoms with van der Waals surface area (Å²) in [6, 6.07) is 15.8. The van der Waals surface area contributed by atoms with Crippen molar-refractivity contribution in [3.8, 4) is 0 Å². The lowest BCUT2D eigenvalue weighted by atomic mass is 10.1. The molecule has 0 fully saturated rings. The summed E-state index contributed by atoms with van der Waals surface area (Å²) in [4.78, 5) is 23.3. The van der Waals surface area contributed by atoms with E-state index < -0.39 is 32.7 Å². The van der Waals surface area contributed by atoms with Crippen molar-refractivity contribution in [2.24, 2.45) is 0 Å². The van der Waals surface area contributed by atoms with Crippen LogP contribution in [0.15, 0.2) is 77.7 Å². The van der Waals surface area contributed by atoms with Crippen LogP contribution in [0.5, 0.6) is 0 Å². The Morgan fingerprint density at radius 1 is 1.06 bits per heavy atom. The summed E-state index contributed by atoms with van der Waals surface area (Å²) in [7, 11) is -4.15. The van der Waals surface area contributed by atoms with Crippen molar-refractivity contribution in [3.05, 3.63) is 99.9 Å². The zero-order valence-electron chi connectivity index (χ0n) is 17.0. The number of halogens is 1. The fourth-order valence-electron chi connectivity index (χ4n) is 2.98. The lowest BCUT2D eigenvalue weighted by molar-refractivity contribution is -0.384. The molecule has 3 aromatic carbocycles. The predicted octanol–water partition coefficient (Wildman–Crippen LogP) is 3.57. The van der Waals surface area contributed by atoms with E-state index in [1.54, 1.807) is 37.3 Å². The molecule has 166 valence electrons. The van der Waals surface area contributed by atoms with E-state index in [9.17, 15) is 27.7 Å². The Balaban J connectivity index is 1.90. The second-order valence-corrected chi connectivity index (χ2v) is 8.78. The average molecular weight is 457 g/mol. The lowest BCUT2D eigenvalue weighted by Crippen LogP contribution is -2.45. The van der Waals surface area contributed by atoms with Gasteiger partial charge in [-0.1, -0.05) is 36.4 Å². The molecule has 0 saturated carbocycles. The van der Waals surface area contributed by atoms with E-state index in [0.717, 1.165) is 24.3 Å². The number of nitro benzene ring substituents is 1. The largest absolute Gasteiger partial charge is 0.324 e. The van der Waals surface area contributed by atoms with Gasteiger partial charge < -0.3 is 5.32 Å². The summed E-state index contributed by atoms with van der Waals surface area (Å²) >= 11 is 0. The summed E-state index contributed by atoms with van der Waals surface area (Å²) in [5.41, 5.74) is 1.26. The number of anilines is 1. The van der Waals surface area contributed by atoms with Crippen LogP contribution < -0.4 is 10.0 Å². The van der Waals surface area contributed by atoms with E-state index in [1.165, 1.54) is 18.2 Å². The molecule has 0 aliphatic rings. The molecule has 0 spiro atoms. The minimum absolute atomic E-state index is 0.0288. The van der Waals surface area contributed by atoms with Crippen LogP contribution in [0.4, 0.5) is 15.8 Å². The van der Waals surface area contributed by atoms with E-state index in [-0.39, 0.29) is 22.7 Å². The molecule has 8 nitrogen and oxygen atoms in total. The maximum atomic E-state index is 13.2. The van der Waals surface area contributed by atoms with Crippen LogP contribution in [-0.2, 0) is 21.2 Å². The number of hydrogen-bond donors (Lipinski definition) is 2. The molecule has 1 atom stereocenters. The highest BCUT2D eigenvalue weighted by molar-refractivity contribution is 7.89. The first-order valence-electron chi connectivity index (χ1n) is 9.53. The molecule has 10 heteroatoms. The zero-order valence-corrected chi connectivity index (χ0v) is 17.8. The summed E-state index contributed by atoms with van der Waals surface area (Å²) in [6.45, 7) is 1.66. The Morgan fingerprint density at radius 3 is 2.34 bits per heavy atom. The summed E-state index contributed by atoms with van der Waals surface area (Å²) in [5.74, 6) is -1.29. The highest BCUT2D eigenvalue weighted by atomic mass is 32.2. The third kappa shape index (κ3) is 5.74. The number of amides is 1. The predicted molar refractivity (Wildman–Crippen MR) is 117 cm³/mol. The van der Waals surface area contributed by atoms with Crippen LogP contribution in [0.1, 0.15) is 11.1 Å². The SMILES string of the molecule is Cc1ccc([N+](=O)[O-])cc1NC(=O)C(Cc1ccccc1)NS(=O)(=O)c1ccc(F)cc1. The van der Waals surface area contributed by atoms with Gasteiger partial charge in [0.15, 0.2) is 0 Å². The number of aryl methyl sites for hydroxylation is 1. The van der Waals surface area contributed by atoms with Crippen molar-refractivity contribution in [2.75, 3.05) is 5.32 Å². The van der Waals surface area contributed by atoms with E-state index in [1.807, 2.05) is 0 Å². The number of nitrogens with one attached hydrogen (secondary N) is 2. The maximum absolute atomic E-state index is 13.2. The fraction of sp³-hybridized carbons (Fsp3) is 0.136. The fourth-order valence-corrected chi connectivity index (χ4v) is 4.18. The van der Waals surface area contributed by atoms with Gasteiger partial charge >= 0.3 is 0 Å². The first-order valence-corrected chi connectivity index (χ1v) is 11.0. The summed E-state index contributed by atoms with van der Waals surface area (Å²) in [5, 5.41) is 13.6. The zero-order chi connectivity index (χ0) is 23.3. The molecule has 0 aliphatic heterocycles. The molecule has 32 heavy (non-hydrogen) atoms.